The minimum absolute atomic E-state index is 0.103. The molecule has 0 bridgehead atoms. The van der Waals surface area contributed by atoms with Gasteiger partial charge in [-0.1, -0.05) is 0 Å². The molecule has 2 rings (SSSR count). The summed E-state index contributed by atoms with van der Waals surface area (Å²) in [6.45, 7) is 5.44. The summed E-state index contributed by atoms with van der Waals surface area (Å²) in [5, 5.41) is 0. The summed E-state index contributed by atoms with van der Waals surface area (Å²) in [5.41, 5.74) is 0.648. The van der Waals surface area contributed by atoms with Crippen molar-refractivity contribution in [2.24, 2.45) is 0 Å². The Hall–Kier alpha value is -2.01. The van der Waals surface area contributed by atoms with E-state index in [4.69, 9.17) is 18.9 Å². The number of carbonyl (C=O) groups excluding carboxylic acids is 1. The first-order valence-electron chi connectivity index (χ1n) is 6.65. The second-order valence-electron chi connectivity index (χ2n) is 5.34. The first kappa shape index (κ1) is 15.4. The molecule has 0 N–H and O–H groups in total. The Balaban J connectivity index is 2.65. The third kappa shape index (κ3) is 3.03. The summed E-state index contributed by atoms with van der Waals surface area (Å²) < 4.78 is 21.8. The molecule has 0 atom stereocenters. The number of benzene rings is 1. The molecule has 0 fully saturated rings. The molecule has 1 aliphatic heterocycles. The zero-order valence-electron chi connectivity index (χ0n) is 13.0. The van der Waals surface area contributed by atoms with Gasteiger partial charge in [-0.15, -0.1) is 0 Å². The Kier molecular flexibility index (Phi) is 4.23. The molecule has 1 aliphatic rings. The average molecular weight is 292 g/mol. The molecular weight excluding hydrogens is 272 g/mol. The van der Waals surface area contributed by atoms with E-state index in [9.17, 15) is 4.79 Å². The number of hydrogen-bond donors (Lipinski definition) is 0. The predicted molar refractivity (Wildman–Crippen MR) is 79.2 cm³/mol. The van der Waals surface area contributed by atoms with Gasteiger partial charge in [0.1, 0.15) is 28.4 Å². The average Bonchev–Trinajstić information content (AvgIpc) is 2.42. The van der Waals surface area contributed by atoms with E-state index in [0.717, 1.165) is 5.56 Å². The number of hydrogen-bond acceptors (Lipinski definition) is 5. The third-order valence-electron chi connectivity index (χ3n) is 3.17. The van der Waals surface area contributed by atoms with Crippen LogP contribution >= 0.6 is 0 Å². The molecule has 0 aromatic heterocycles. The van der Waals surface area contributed by atoms with Crippen LogP contribution in [0.25, 0.3) is 6.08 Å². The van der Waals surface area contributed by atoms with Crippen molar-refractivity contribution in [1.82, 2.24) is 0 Å². The van der Waals surface area contributed by atoms with Crippen LogP contribution in [0.5, 0.6) is 17.2 Å². The van der Waals surface area contributed by atoms with Crippen LogP contribution in [0.2, 0.25) is 0 Å². The fourth-order valence-corrected chi connectivity index (χ4v) is 2.21. The van der Waals surface area contributed by atoms with E-state index in [1.54, 1.807) is 13.2 Å². The number of fused-ring (bicyclic) bond motifs is 1. The van der Waals surface area contributed by atoms with E-state index in [1.165, 1.54) is 14.0 Å². The summed E-state index contributed by atoms with van der Waals surface area (Å²) in [7, 11) is 3.06. The number of ketones is 1. The second-order valence-corrected chi connectivity index (χ2v) is 5.34. The third-order valence-corrected chi connectivity index (χ3v) is 3.17. The zero-order valence-corrected chi connectivity index (χ0v) is 13.0. The maximum absolute atomic E-state index is 12.0. The van der Waals surface area contributed by atoms with Gasteiger partial charge in [-0.25, -0.2) is 0 Å². The molecule has 0 radical (unpaired) electrons. The molecule has 1 aromatic carbocycles. The monoisotopic (exact) mass is 292 g/mol. The topological polar surface area (TPSA) is 54.0 Å². The summed E-state index contributed by atoms with van der Waals surface area (Å²) in [4.78, 5) is 12.0. The van der Waals surface area contributed by atoms with E-state index < -0.39 is 5.60 Å². The second kappa shape index (κ2) is 5.77. The van der Waals surface area contributed by atoms with Gasteiger partial charge >= 0.3 is 0 Å². The highest BCUT2D eigenvalue weighted by Crippen LogP contribution is 2.44. The van der Waals surface area contributed by atoms with Crippen LogP contribution in [0.4, 0.5) is 0 Å². The summed E-state index contributed by atoms with van der Waals surface area (Å²) >= 11 is 0. The van der Waals surface area contributed by atoms with E-state index in [2.05, 4.69) is 0 Å². The van der Waals surface area contributed by atoms with Crippen LogP contribution < -0.4 is 14.2 Å². The number of methoxy groups -OCH3 is 2. The van der Waals surface area contributed by atoms with Gasteiger partial charge in [-0.05, 0) is 32.9 Å². The van der Waals surface area contributed by atoms with Gasteiger partial charge in [-0.2, -0.15) is 0 Å². The molecule has 5 nitrogen and oxygen atoms in total. The Morgan fingerprint density at radius 2 is 2.00 bits per heavy atom. The molecular formula is C16H20O5. The fourth-order valence-electron chi connectivity index (χ4n) is 2.21. The van der Waals surface area contributed by atoms with Crippen LogP contribution in [0.1, 0.15) is 36.7 Å². The molecule has 0 spiro atoms. The van der Waals surface area contributed by atoms with Crippen molar-refractivity contribution >= 4 is 11.9 Å². The summed E-state index contributed by atoms with van der Waals surface area (Å²) in [5.74, 6) is 1.35. The summed E-state index contributed by atoms with van der Waals surface area (Å²) in [6, 6.07) is 1.68. The quantitative estimate of drug-likeness (QED) is 0.616. The highest BCUT2D eigenvalue weighted by Gasteiger charge is 2.30. The molecule has 0 aliphatic carbocycles. The zero-order chi connectivity index (χ0) is 15.6. The molecule has 1 heterocycles. The minimum Gasteiger partial charge on any atom is -0.496 e. The lowest BCUT2D eigenvalue weighted by molar-refractivity contribution is 0.0501. The minimum atomic E-state index is -0.498. The Labute approximate surface area is 124 Å². The van der Waals surface area contributed by atoms with Crippen molar-refractivity contribution in [3.05, 3.63) is 23.3 Å². The van der Waals surface area contributed by atoms with Crippen molar-refractivity contribution in [3.8, 4) is 17.2 Å². The fraction of sp³-hybridized carbons (Fsp3) is 0.438. The van der Waals surface area contributed by atoms with Crippen molar-refractivity contribution in [2.45, 2.75) is 26.4 Å². The standard InChI is InChI=1S/C16H20O5/c1-10(17)14-13(19-5)8-12(20-9-18-4)11-6-7-16(2,3)21-15(11)14/h6-8H,9H2,1-5H3. The van der Waals surface area contributed by atoms with Gasteiger partial charge < -0.3 is 18.9 Å². The lowest BCUT2D eigenvalue weighted by Gasteiger charge is -2.30. The number of rotatable bonds is 5. The highest BCUT2D eigenvalue weighted by atomic mass is 16.7. The molecule has 21 heavy (non-hydrogen) atoms. The molecule has 0 saturated carbocycles. The molecule has 1 aromatic rings. The lowest BCUT2D eigenvalue weighted by atomic mass is 9.97. The van der Waals surface area contributed by atoms with E-state index in [0.29, 0.717) is 22.8 Å². The van der Waals surface area contributed by atoms with Gasteiger partial charge in [0.25, 0.3) is 0 Å². The predicted octanol–water partition coefficient (Wildman–Crippen LogP) is 3.06. The lowest BCUT2D eigenvalue weighted by Crippen LogP contribution is -2.29. The smallest absolute Gasteiger partial charge is 0.188 e. The van der Waals surface area contributed by atoms with Gasteiger partial charge in [0.2, 0.25) is 0 Å². The van der Waals surface area contributed by atoms with Crippen molar-refractivity contribution in [1.29, 1.82) is 0 Å². The van der Waals surface area contributed by atoms with Crippen LogP contribution in [0.15, 0.2) is 12.1 Å². The number of carbonyl (C=O) groups is 1. The maximum Gasteiger partial charge on any atom is 0.188 e. The van der Waals surface area contributed by atoms with Crippen LogP contribution in [-0.2, 0) is 4.74 Å². The Bertz CT molecular complexity index is 587. The molecule has 114 valence electrons. The normalized spacial score (nSPS) is 15.1. The van der Waals surface area contributed by atoms with E-state index in [1.807, 2.05) is 26.0 Å². The SMILES string of the molecule is COCOc1cc(OC)c(C(C)=O)c2c1C=CC(C)(C)O2. The van der Waals surface area contributed by atoms with Crippen molar-refractivity contribution in [2.75, 3.05) is 21.0 Å². The van der Waals surface area contributed by atoms with Gasteiger partial charge in [0.15, 0.2) is 12.6 Å². The first-order chi connectivity index (χ1) is 9.89. The van der Waals surface area contributed by atoms with Gasteiger partial charge in [0.05, 0.1) is 12.7 Å². The first-order valence-corrected chi connectivity index (χ1v) is 6.65. The Morgan fingerprint density at radius 3 is 2.57 bits per heavy atom. The Morgan fingerprint density at radius 1 is 1.29 bits per heavy atom. The number of ether oxygens (including phenoxy) is 4. The largest absolute Gasteiger partial charge is 0.496 e. The molecule has 0 unspecified atom stereocenters. The van der Waals surface area contributed by atoms with Crippen LogP contribution in [0, 0.1) is 0 Å². The molecule has 0 amide bonds. The van der Waals surface area contributed by atoms with Gasteiger partial charge in [0, 0.05) is 13.2 Å². The molecule has 0 saturated heterocycles. The molecule has 5 heteroatoms. The highest BCUT2D eigenvalue weighted by molar-refractivity contribution is 6.01. The van der Waals surface area contributed by atoms with Gasteiger partial charge in [-0.3, -0.25) is 4.79 Å². The number of Topliss-reactive ketones (excluding diaryl/α,β-unsaturated/α-hetero) is 1. The van der Waals surface area contributed by atoms with Crippen LogP contribution in [0.3, 0.4) is 0 Å². The summed E-state index contributed by atoms with van der Waals surface area (Å²) in [6.07, 6.45) is 3.82. The van der Waals surface area contributed by atoms with Crippen LogP contribution in [-0.4, -0.2) is 32.4 Å². The van der Waals surface area contributed by atoms with Crippen molar-refractivity contribution in [3.63, 3.8) is 0 Å². The van der Waals surface area contributed by atoms with E-state index in [-0.39, 0.29) is 12.6 Å². The van der Waals surface area contributed by atoms with E-state index >= 15 is 0 Å². The van der Waals surface area contributed by atoms with Crippen molar-refractivity contribution < 1.29 is 23.7 Å². The maximum atomic E-state index is 12.0.